The highest BCUT2D eigenvalue weighted by Crippen LogP contribution is 2.18. The van der Waals surface area contributed by atoms with Crippen molar-refractivity contribution in [2.24, 2.45) is 0 Å². The number of nitrogens with zero attached hydrogens (tertiary/aromatic N) is 1. The van der Waals surface area contributed by atoms with Gasteiger partial charge in [0.05, 0.1) is 0 Å². The molecule has 0 unspecified atom stereocenters. The van der Waals surface area contributed by atoms with E-state index in [0.29, 0.717) is 6.42 Å². The summed E-state index contributed by atoms with van der Waals surface area (Å²) in [7, 11) is 0. The van der Waals surface area contributed by atoms with Gasteiger partial charge in [0.25, 0.3) is 0 Å². The molecule has 1 atom stereocenters. The summed E-state index contributed by atoms with van der Waals surface area (Å²) in [6.45, 7) is 3.35. The highest BCUT2D eigenvalue weighted by atomic mass is 79.9. The number of rotatable bonds is 13. The average Bonchev–Trinajstić information content (AvgIpc) is 2.43. The van der Waals surface area contributed by atoms with E-state index in [4.69, 9.17) is 4.74 Å². The van der Waals surface area contributed by atoms with E-state index in [9.17, 15) is 14.9 Å². The van der Waals surface area contributed by atoms with Crippen LogP contribution in [0.1, 0.15) is 78.1 Å². The molecule has 124 valence electrons. The molecule has 0 saturated heterocycles. The van der Waals surface area contributed by atoms with E-state index in [2.05, 4.69) is 22.9 Å². The van der Waals surface area contributed by atoms with E-state index in [1.807, 2.05) is 0 Å². The van der Waals surface area contributed by atoms with Crippen LogP contribution < -0.4 is 0 Å². The first-order chi connectivity index (χ1) is 9.90. The summed E-state index contributed by atoms with van der Waals surface area (Å²) in [5.74, 6) is -0.356. The van der Waals surface area contributed by atoms with Crippen molar-refractivity contribution in [1.29, 1.82) is 0 Å². The quantitative estimate of drug-likeness (QED) is 0.117. The van der Waals surface area contributed by atoms with Gasteiger partial charge < -0.3 is 4.74 Å². The molecule has 0 aliphatic carbocycles. The standard InChI is InChI=1S/C15H28BrNO4/c1-3-4-5-6-7-8-9-10-11-12-14(18)21-13-15(2,16)17(19)20/h3-13H2,1-2H3/t15-/m0/s1. The Morgan fingerprint density at radius 3 is 2.05 bits per heavy atom. The predicted octanol–water partition coefficient (Wildman–Crippen LogP) is 4.84. The Morgan fingerprint density at radius 1 is 1.10 bits per heavy atom. The highest BCUT2D eigenvalue weighted by molar-refractivity contribution is 9.10. The fourth-order valence-corrected chi connectivity index (χ4v) is 2.03. The maximum absolute atomic E-state index is 11.5. The number of halogens is 1. The van der Waals surface area contributed by atoms with Gasteiger partial charge in [-0.3, -0.25) is 14.9 Å². The lowest BCUT2D eigenvalue weighted by atomic mass is 10.1. The van der Waals surface area contributed by atoms with Crippen LogP contribution in [0.15, 0.2) is 0 Å². The molecule has 0 amide bonds. The predicted molar refractivity (Wildman–Crippen MR) is 87.1 cm³/mol. The van der Waals surface area contributed by atoms with Gasteiger partial charge in [0.15, 0.2) is 6.61 Å². The fraction of sp³-hybridized carbons (Fsp3) is 0.933. The van der Waals surface area contributed by atoms with Crippen LogP contribution in [0.25, 0.3) is 0 Å². The molecule has 0 aromatic carbocycles. The van der Waals surface area contributed by atoms with E-state index in [-0.39, 0.29) is 12.6 Å². The third-order valence-electron chi connectivity index (χ3n) is 3.36. The third-order valence-corrected chi connectivity index (χ3v) is 3.88. The summed E-state index contributed by atoms with van der Waals surface area (Å²) in [6.07, 6.45) is 11.0. The lowest BCUT2D eigenvalue weighted by molar-refractivity contribution is -0.533. The minimum atomic E-state index is -1.39. The first kappa shape index (κ1) is 20.3. The van der Waals surface area contributed by atoms with Crippen molar-refractivity contribution < 1.29 is 14.5 Å². The zero-order chi connectivity index (χ0) is 16.1. The first-order valence-electron chi connectivity index (χ1n) is 7.89. The summed E-state index contributed by atoms with van der Waals surface area (Å²) >= 11 is 2.93. The minimum absolute atomic E-state index is 0.240. The molecule has 0 fully saturated rings. The molecule has 0 spiro atoms. The van der Waals surface area contributed by atoms with Gasteiger partial charge in [0.1, 0.15) is 0 Å². The summed E-state index contributed by atoms with van der Waals surface area (Å²) in [5, 5.41) is 10.6. The lowest BCUT2D eigenvalue weighted by Gasteiger charge is -2.13. The first-order valence-corrected chi connectivity index (χ1v) is 8.68. The van der Waals surface area contributed by atoms with E-state index in [1.165, 1.54) is 45.4 Å². The van der Waals surface area contributed by atoms with Gasteiger partial charge >= 0.3 is 10.4 Å². The second kappa shape index (κ2) is 12.0. The molecule has 0 bridgehead atoms. The van der Waals surface area contributed by atoms with Crippen molar-refractivity contribution in [3.8, 4) is 0 Å². The number of hydrogen-bond donors (Lipinski definition) is 0. The maximum Gasteiger partial charge on any atom is 0.306 e. The van der Waals surface area contributed by atoms with Crippen LogP contribution in [-0.4, -0.2) is 21.9 Å². The Labute approximate surface area is 136 Å². The van der Waals surface area contributed by atoms with Crippen molar-refractivity contribution in [3.05, 3.63) is 10.1 Å². The van der Waals surface area contributed by atoms with Crippen LogP contribution in [-0.2, 0) is 9.53 Å². The van der Waals surface area contributed by atoms with Gasteiger partial charge in [-0.05, 0) is 6.42 Å². The van der Waals surface area contributed by atoms with E-state index in [1.54, 1.807) is 0 Å². The molecule has 5 nitrogen and oxygen atoms in total. The largest absolute Gasteiger partial charge is 0.457 e. The molecule has 0 N–H and O–H groups in total. The molecule has 0 saturated carbocycles. The third kappa shape index (κ3) is 11.7. The zero-order valence-corrected chi connectivity index (χ0v) is 14.8. The Hall–Kier alpha value is -0.650. The number of unbranched alkanes of at least 4 members (excludes halogenated alkanes) is 8. The molecule has 0 aliphatic rings. The lowest BCUT2D eigenvalue weighted by Crippen LogP contribution is -2.33. The summed E-state index contributed by atoms with van der Waals surface area (Å²) in [6, 6.07) is 0. The van der Waals surface area contributed by atoms with Crippen LogP contribution in [0.5, 0.6) is 0 Å². The van der Waals surface area contributed by atoms with Crippen molar-refractivity contribution >= 4 is 21.9 Å². The molecular weight excluding hydrogens is 338 g/mol. The summed E-state index contributed by atoms with van der Waals surface area (Å²) in [4.78, 5) is 21.6. The van der Waals surface area contributed by atoms with Crippen LogP contribution in [0.3, 0.4) is 0 Å². The molecule has 0 aromatic rings. The molecule has 0 radical (unpaired) electrons. The van der Waals surface area contributed by atoms with E-state index < -0.39 is 9.37 Å². The van der Waals surface area contributed by atoms with Crippen LogP contribution >= 0.6 is 15.9 Å². The smallest absolute Gasteiger partial charge is 0.306 e. The molecular formula is C15H28BrNO4. The Balaban J connectivity index is 3.44. The van der Waals surface area contributed by atoms with Crippen molar-refractivity contribution in [1.82, 2.24) is 0 Å². The van der Waals surface area contributed by atoms with Gasteiger partial charge in [0, 0.05) is 34.2 Å². The SMILES string of the molecule is CCCCCCCCCCCC(=O)OC[C@@](C)(Br)[N+](=O)[O-]. The zero-order valence-electron chi connectivity index (χ0n) is 13.2. The number of carbonyl (C=O) groups is 1. The molecule has 6 heteroatoms. The van der Waals surface area contributed by atoms with Gasteiger partial charge in [-0.1, -0.05) is 58.3 Å². The Morgan fingerprint density at radius 2 is 1.57 bits per heavy atom. The van der Waals surface area contributed by atoms with Gasteiger partial charge in [-0.15, -0.1) is 0 Å². The number of alkyl halides is 1. The number of esters is 1. The average molecular weight is 366 g/mol. The molecule has 0 rings (SSSR count). The molecule has 0 aromatic heterocycles. The maximum atomic E-state index is 11.5. The van der Waals surface area contributed by atoms with Crippen LogP contribution in [0.4, 0.5) is 0 Å². The van der Waals surface area contributed by atoms with E-state index in [0.717, 1.165) is 19.3 Å². The van der Waals surface area contributed by atoms with Gasteiger partial charge in [-0.25, -0.2) is 0 Å². The number of ether oxygens (including phenoxy) is 1. The second-order valence-corrected chi connectivity index (χ2v) is 7.35. The molecule has 0 aliphatic heterocycles. The number of nitro groups is 1. The van der Waals surface area contributed by atoms with Crippen LogP contribution in [0, 0.1) is 10.1 Å². The van der Waals surface area contributed by atoms with Crippen molar-refractivity contribution in [2.75, 3.05) is 6.61 Å². The second-order valence-electron chi connectivity index (χ2n) is 5.64. The van der Waals surface area contributed by atoms with Crippen LogP contribution in [0.2, 0.25) is 0 Å². The number of hydrogen-bond acceptors (Lipinski definition) is 4. The fourth-order valence-electron chi connectivity index (χ4n) is 1.92. The highest BCUT2D eigenvalue weighted by Gasteiger charge is 2.35. The summed E-state index contributed by atoms with van der Waals surface area (Å²) in [5.41, 5.74) is 0. The van der Waals surface area contributed by atoms with Crippen molar-refractivity contribution in [3.63, 3.8) is 0 Å². The Kier molecular flexibility index (Phi) is 11.6. The molecule has 0 heterocycles. The van der Waals surface area contributed by atoms with Gasteiger partial charge in [-0.2, -0.15) is 0 Å². The minimum Gasteiger partial charge on any atom is -0.457 e. The van der Waals surface area contributed by atoms with E-state index >= 15 is 0 Å². The van der Waals surface area contributed by atoms with Crippen molar-refractivity contribution in [2.45, 2.75) is 82.5 Å². The topological polar surface area (TPSA) is 69.4 Å². The Bertz CT molecular complexity index is 308. The number of carbonyl (C=O) groups excluding carboxylic acids is 1. The summed E-state index contributed by atoms with van der Waals surface area (Å²) < 4.78 is 3.52. The normalized spacial score (nSPS) is 13.7. The monoisotopic (exact) mass is 365 g/mol. The van der Waals surface area contributed by atoms with Gasteiger partial charge in [0.2, 0.25) is 0 Å². The molecule has 21 heavy (non-hydrogen) atoms.